The lowest BCUT2D eigenvalue weighted by Gasteiger charge is -2.30. The molecule has 0 unspecified atom stereocenters. The van der Waals surface area contributed by atoms with Crippen LogP contribution in [0.5, 0.6) is 0 Å². The first-order valence-electron chi connectivity index (χ1n) is 10.2. The number of carbonyl (C=O) groups excluding carboxylic acids is 1. The largest absolute Gasteiger partial charge is 0.417 e. The molecule has 0 fully saturated rings. The number of nitrogens with one attached hydrogen (secondary N) is 1. The summed E-state index contributed by atoms with van der Waals surface area (Å²) in [6.45, 7) is 1.27. The molecule has 0 saturated heterocycles. The zero-order valence-electron chi connectivity index (χ0n) is 18.6. The second-order valence-electron chi connectivity index (χ2n) is 7.48. The first-order valence-corrected chi connectivity index (χ1v) is 10.2. The Hall–Kier alpha value is -4.09. The van der Waals surface area contributed by atoms with E-state index in [1.807, 2.05) is 0 Å². The Morgan fingerprint density at radius 2 is 1.86 bits per heavy atom. The highest BCUT2D eigenvalue weighted by Gasteiger charge is 2.31. The van der Waals surface area contributed by atoms with Crippen molar-refractivity contribution in [2.24, 2.45) is 10.7 Å². The number of aliphatic imine (C=N–C) groups is 1. The first-order chi connectivity index (χ1) is 16.5. The standard InChI is InChI=1S/C23H21F5N6O/c1-13(18-7-5-16(24)9-19(18)25)34(12-17-6-4-15(11-31-17)23(26,27)28)21(35)14-3-8-20(32-10-14)33-22(29)30-2/h3-11,13H,12H2,1-2H3,(H3,29,30,32,33)/t13-/m1/s1. The lowest BCUT2D eigenvalue weighted by Crippen LogP contribution is -2.34. The van der Waals surface area contributed by atoms with Crippen molar-refractivity contribution in [3.63, 3.8) is 0 Å². The van der Waals surface area contributed by atoms with E-state index in [4.69, 9.17) is 5.73 Å². The Morgan fingerprint density at radius 3 is 2.40 bits per heavy atom. The van der Waals surface area contributed by atoms with E-state index < -0.39 is 35.3 Å². The van der Waals surface area contributed by atoms with Crippen LogP contribution in [-0.4, -0.2) is 33.8 Å². The zero-order valence-corrected chi connectivity index (χ0v) is 18.6. The molecule has 2 aromatic heterocycles. The molecule has 1 atom stereocenters. The first kappa shape index (κ1) is 25.5. The summed E-state index contributed by atoms with van der Waals surface area (Å²) in [5.74, 6) is -1.84. The summed E-state index contributed by atoms with van der Waals surface area (Å²) in [7, 11) is 1.48. The summed E-state index contributed by atoms with van der Waals surface area (Å²) in [6.07, 6.45) is -2.66. The van der Waals surface area contributed by atoms with Gasteiger partial charge in [-0.15, -0.1) is 0 Å². The second-order valence-corrected chi connectivity index (χ2v) is 7.48. The molecule has 3 aromatic rings. The Morgan fingerprint density at radius 1 is 1.11 bits per heavy atom. The van der Waals surface area contributed by atoms with Crippen LogP contribution >= 0.6 is 0 Å². The Balaban J connectivity index is 1.94. The van der Waals surface area contributed by atoms with Gasteiger partial charge in [-0.2, -0.15) is 13.2 Å². The second kappa shape index (κ2) is 10.5. The molecule has 7 nitrogen and oxygen atoms in total. The number of anilines is 1. The fourth-order valence-corrected chi connectivity index (χ4v) is 3.20. The van der Waals surface area contributed by atoms with E-state index in [0.717, 1.165) is 18.2 Å². The lowest BCUT2D eigenvalue weighted by atomic mass is 10.0. The van der Waals surface area contributed by atoms with E-state index in [0.29, 0.717) is 18.1 Å². The minimum absolute atomic E-state index is 0.0184. The van der Waals surface area contributed by atoms with Crippen molar-refractivity contribution in [2.45, 2.75) is 25.7 Å². The van der Waals surface area contributed by atoms with Crippen molar-refractivity contribution in [1.29, 1.82) is 0 Å². The van der Waals surface area contributed by atoms with E-state index in [-0.39, 0.29) is 29.3 Å². The molecule has 184 valence electrons. The van der Waals surface area contributed by atoms with Gasteiger partial charge in [0.1, 0.15) is 17.5 Å². The topological polar surface area (TPSA) is 96.5 Å². The smallest absolute Gasteiger partial charge is 0.370 e. The number of guanidine groups is 1. The highest BCUT2D eigenvalue weighted by molar-refractivity contribution is 5.95. The van der Waals surface area contributed by atoms with Crippen LogP contribution in [0.4, 0.5) is 27.8 Å². The minimum atomic E-state index is -4.57. The molecule has 0 radical (unpaired) electrons. The average Bonchev–Trinajstić information content (AvgIpc) is 2.82. The molecule has 2 heterocycles. The van der Waals surface area contributed by atoms with Crippen LogP contribution < -0.4 is 11.1 Å². The van der Waals surface area contributed by atoms with Gasteiger partial charge in [0.05, 0.1) is 29.4 Å². The fraction of sp³-hybridized carbons (Fsp3) is 0.217. The average molecular weight is 492 g/mol. The number of nitrogens with zero attached hydrogens (tertiary/aromatic N) is 4. The molecule has 0 aliphatic rings. The third-order valence-corrected chi connectivity index (χ3v) is 5.13. The summed E-state index contributed by atoms with van der Waals surface area (Å²) in [5, 5.41) is 2.71. The van der Waals surface area contributed by atoms with Crippen molar-refractivity contribution in [3.8, 4) is 0 Å². The van der Waals surface area contributed by atoms with Crippen molar-refractivity contribution < 1.29 is 26.7 Å². The minimum Gasteiger partial charge on any atom is -0.370 e. The third kappa shape index (κ3) is 6.28. The number of benzene rings is 1. The van der Waals surface area contributed by atoms with Gasteiger partial charge in [-0.1, -0.05) is 6.07 Å². The molecule has 3 rings (SSSR count). The van der Waals surface area contributed by atoms with Crippen molar-refractivity contribution in [1.82, 2.24) is 14.9 Å². The summed E-state index contributed by atoms with van der Waals surface area (Å²) in [6, 6.07) is 6.92. The van der Waals surface area contributed by atoms with Gasteiger partial charge in [-0.25, -0.2) is 13.8 Å². The quantitative estimate of drug-likeness (QED) is 0.299. The van der Waals surface area contributed by atoms with Crippen LogP contribution in [-0.2, 0) is 12.7 Å². The van der Waals surface area contributed by atoms with Crippen LogP contribution in [0, 0.1) is 11.6 Å². The van der Waals surface area contributed by atoms with Gasteiger partial charge in [-0.05, 0) is 37.3 Å². The van der Waals surface area contributed by atoms with Crippen LogP contribution in [0.3, 0.4) is 0 Å². The van der Waals surface area contributed by atoms with Gasteiger partial charge in [0.2, 0.25) is 0 Å². The molecule has 12 heteroatoms. The van der Waals surface area contributed by atoms with Crippen molar-refractivity contribution in [3.05, 3.63) is 88.9 Å². The van der Waals surface area contributed by atoms with Gasteiger partial charge in [0.25, 0.3) is 5.91 Å². The summed E-state index contributed by atoms with van der Waals surface area (Å²) in [4.78, 5) is 26.2. The summed E-state index contributed by atoms with van der Waals surface area (Å²) >= 11 is 0. The highest BCUT2D eigenvalue weighted by atomic mass is 19.4. The Bertz CT molecular complexity index is 1210. The summed E-state index contributed by atoms with van der Waals surface area (Å²) < 4.78 is 66.6. The monoisotopic (exact) mass is 492 g/mol. The molecule has 3 N–H and O–H groups in total. The van der Waals surface area contributed by atoms with Crippen LogP contribution in [0.25, 0.3) is 0 Å². The molecule has 0 aliphatic heterocycles. The number of hydrogen-bond acceptors (Lipinski definition) is 4. The maximum atomic E-state index is 14.5. The number of rotatable bonds is 6. The number of alkyl halides is 3. The molecule has 0 aliphatic carbocycles. The van der Waals surface area contributed by atoms with Crippen molar-refractivity contribution in [2.75, 3.05) is 12.4 Å². The number of pyridine rings is 2. The number of aromatic nitrogens is 2. The molecule has 0 spiro atoms. The molecule has 0 bridgehead atoms. The fourth-order valence-electron chi connectivity index (χ4n) is 3.20. The van der Waals surface area contributed by atoms with Crippen LogP contribution in [0.15, 0.2) is 59.9 Å². The molecule has 0 saturated carbocycles. The number of hydrogen-bond donors (Lipinski definition) is 2. The van der Waals surface area contributed by atoms with Gasteiger partial charge in [0.15, 0.2) is 5.96 Å². The predicted molar refractivity (Wildman–Crippen MR) is 119 cm³/mol. The molecular weight excluding hydrogens is 471 g/mol. The van der Waals surface area contributed by atoms with Crippen LogP contribution in [0.2, 0.25) is 0 Å². The van der Waals surface area contributed by atoms with Gasteiger partial charge < -0.3 is 16.0 Å². The predicted octanol–water partition coefficient (Wildman–Crippen LogP) is 4.53. The summed E-state index contributed by atoms with van der Waals surface area (Å²) in [5.41, 5.74) is 4.91. The van der Waals surface area contributed by atoms with E-state index in [1.165, 1.54) is 43.3 Å². The van der Waals surface area contributed by atoms with Crippen LogP contribution in [0.1, 0.15) is 40.1 Å². The van der Waals surface area contributed by atoms with Gasteiger partial charge >= 0.3 is 6.18 Å². The van der Waals surface area contributed by atoms with E-state index >= 15 is 0 Å². The maximum Gasteiger partial charge on any atom is 0.417 e. The Labute approximate surface area is 197 Å². The lowest BCUT2D eigenvalue weighted by molar-refractivity contribution is -0.137. The number of carbonyl (C=O) groups is 1. The third-order valence-electron chi connectivity index (χ3n) is 5.13. The maximum absolute atomic E-state index is 14.5. The van der Waals surface area contributed by atoms with E-state index in [9.17, 15) is 26.7 Å². The number of amides is 1. The SMILES string of the molecule is CN=C(N)Nc1ccc(C(=O)N(Cc2ccc(C(F)(F)F)cn2)[C@H](C)c2ccc(F)cc2F)cn1. The van der Waals surface area contributed by atoms with Gasteiger partial charge in [-0.3, -0.25) is 14.8 Å². The molecule has 35 heavy (non-hydrogen) atoms. The van der Waals surface area contributed by atoms with E-state index in [1.54, 1.807) is 0 Å². The zero-order chi connectivity index (χ0) is 25.8. The Kier molecular flexibility index (Phi) is 7.62. The van der Waals surface area contributed by atoms with E-state index in [2.05, 4.69) is 20.3 Å². The number of halogens is 5. The van der Waals surface area contributed by atoms with Gasteiger partial charge in [0, 0.05) is 31.1 Å². The van der Waals surface area contributed by atoms with Crippen molar-refractivity contribution >= 4 is 17.7 Å². The molecule has 1 amide bonds. The molecular formula is C23H21F5N6O. The molecule has 1 aromatic carbocycles. The highest BCUT2D eigenvalue weighted by Crippen LogP contribution is 2.30. The normalized spacial score (nSPS) is 12.8. The number of nitrogens with two attached hydrogens (primary N) is 1.